The van der Waals surface area contributed by atoms with Crippen LogP contribution in [0.5, 0.6) is 0 Å². The fourth-order valence-corrected chi connectivity index (χ4v) is 3.06. The van der Waals surface area contributed by atoms with E-state index in [2.05, 4.69) is 15.9 Å². The number of nitrogen functional groups attached to an aromatic ring is 1. The quantitative estimate of drug-likeness (QED) is 0.869. The van der Waals surface area contributed by atoms with Gasteiger partial charge in [-0.15, -0.1) is 0 Å². The van der Waals surface area contributed by atoms with Gasteiger partial charge in [-0.2, -0.15) is 0 Å². The standard InChI is InChI=1S/C14H19BrN2O/c1-2-17(11-5-3-4-6-11)14(18)12-9-10(16)7-8-13(12)15/h7-9,11H,2-6,16H2,1H3. The molecule has 1 aliphatic carbocycles. The van der Waals surface area contributed by atoms with Gasteiger partial charge in [0.1, 0.15) is 0 Å². The molecule has 1 amide bonds. The van der Waals surface area contributed by atoms with Crippen LogP contribution >= 0.6 is 15.9 Å². The van der Waals surface area contributed by atoms with Crippen molar-refractivity contribution in [3.8, 4) is 0 Å². The van der Waals surface area contributed by atoms with Gasteiger partial charge in [-0.3, -0.25) is 4.79 Å². The molecule has 98 valence electrons. The Labute approximate surface area is 116 Å². The van der Waals surface area contributed by atoms with Crippen LogP contribution in [0.15, 0.2) is 22.7 Å². The molecule has 0 saturated heterocycles. The lowest BCUT2D eigenvalue weighted by molar-refractivity contribution is 0.0692. The topological polar surface area (TPSA) is 46.3 Å². The molecule has 0 aromatic heterocycles. The molecule has 0 atom stereocenters. The first-order valence-electron chi connectivity index (χ1n) is 6.49. The van der Waals surface area contributed by atoms with E-state index in [-0.39, 0.29) is 5.91 Å². The van der Waals surface area contributed by atoms with Crippen LogP contribution < -0.4 is 5.73 Å². The third kappa shape index (κ3) is 2.69. The molecule has 0 unspecified atom stereocenters. The van der Waals surface area contributed by atoms with Crippen molar-refractivity contribution in [3.05, 3.63) is 28.2 Å². The van der Waals surface area contributed by atoms with Gasteiger partial charge in [0.05, 0.1) is 5.56 Å². The predicted octanol–water partition coefficient (Wildman–Crippen LogP) is 3.44. The van der Waals surface area contributed by atoms with Gasteiger partial charge in [0.15, 0.2) is 0 Å². The summed E-state index contributed by atoms with van der Waals surface area (Å²) in [5.74, 6) is 0.0866. The van der Waals surface area contributed by atoms with E-state index in [1.165, 1.54) is 12.8 Å². The van der Waals surface area contributed by atoms with Gasteiger partial charge in [0.2, 0.25) is 0 Å². The van der Waals surface area contributed by atoms with Crippen molar-refractivity contribution in [1.82, 2.24) is 4.90 Å². The fourth-order valence-electron chi connectivity index (χ4n) is 2.65. The number of hydrogen-bond acceptors (Lipinski definition) is 2. The molecule has 0 spiro atoms. The number of anilines is 1. The van der Waals surface area contributed by atoms with E-state index in [4.69, 9.17) is 5.73 Å². The molecule has 1 aromatic rings. The van der Waals surface area contributed by atoms with Crippen molar-refractivity contribution < 1.29 is 4.79 Å². The Morgan fingerprint density at radius 3 is 2.72 bits per heavy atom. The summed E-state index contributed by atoms with van der Waals surface area (Å²) in [5, 5.41) is 0. The monoisotopic (exact) mass is 310 g/mol. The Kier molecular flexibility index (Phi) is 4.27. The normalized spacial score (nSPS) is 15.9. The summed E-state index contributed by atoms with van der Waals surface area (Å²) in [6.45, 7) is 2.79. The summed E-state index contributed by atoms with van der Waals surface area (Å²) in [7, 11) is 0. The molecule has 2 N–H and O–H groups in total. The van der Waals surface area contributed by atoms with Crippen molar-refractivity contribution in [3.63, 3.8) is 0 Å². The van der Waals surface area contributed by atoms with Gasteiger partial charge in [-0.25, -0.2) is 0 Å². The minimum absolute atomic E-state index is 0.0866. The van der Waals surface area contributed by atoms with E-state index in [0.717, 1.165) is 23.9 Å². The second-order valence-electron chi connectivity index (χ2n) is 4.77. The lowest BCUT2D eigenvalue weighted by Crippen LogP contribution is -2.38. The Morgan fingerprint density at radius 1 is 1.44 bits per heavy atom. The highest BCUT2D eigenvalue weighted by molar-refractivity contribution is 9.10. The molecule has 0 aliphatic heterocycles. The lowest BCUT2D eigenvalue weighted by atomic mass is 10.1. The lowest BCUT2D eigenvalue weighted by Gasteiger charge is -2.28. The molecule has 0 radical (unpaired) electrons. The van der Waals surface area contributed by atoms with E-state index in [0.29, 0.717) is 17.3 Å². The Hall–Kier alpha value is -1.03. The number of carbonyl (C=O) groups excluding carboxylic acids is 1. The van der Waals surface area contributed by atoms with Crippen LogP contribution in [0.3, 0.4) is 0 Å². The molecule has 1 saturated carbocycles. The molecule has 1 aromatic carbocycles. The van der Waals surface area contributed by atoms with Gasteiger partial charge in [-0.1, -0.05) is 12.8 Å². The molecule has 0 heterocycles. The van der Waals surface area contributed by atoms with E-state index >= 15 is 0 Å². The number of amides is 1. The summed E-state index contributed by atoms with van der Waals surface area (Å²) in [4.78, 5) is 14.6. The number of benzene rings is 1. The Bertz CT molecular complexity index is 441. The zero-order valence-corrected chi connectivity index (χ0v) is 12.2. The first-order chi connectivity index (χ1) is 8.63. The molecule has 18 heavy (non-hydrogen) atoms. The number of hydrogen-bond donors (Lipinski definition) is 1. The fraction of sp³-hybridized carbons (Fsp3) is 0.500. The third-order valence-electron chi connectivity index (χ3n) is 3.59. The summed E-state index contributed by atoms with van der Waals surface area (Å²) >= 11 is 3.43. The smallest absolute Gasteiger partial charge is 0.255 e. The number of nitrogens with zero attached hydrogens (tertiary/aromatic N) is 1. The van der Waals surface area contributed by atoms with Crippen LogP contribution in [0, 0.1) is 0 Å². The SMILES string of the molecule is CCN(C(=O)c1cc(N)ccc1Br)C1CCCC1. The van der Waals surface area contributed by atoms with Crippen LogP contribution in [0.25, 0.3) is 0 Å². The predicted molar refractivity (Wildman–Crippen MR) is 77.5 cm³/mol. The van der Waals surface area contributed by atoms with Crippen molar-refractivity contribution in [1.29, 1.82) is 0 Å². The van der Waals surface area contributed by atoms with Crippen LogP contribution in [-0.4, -0.2) is 23.4 Å². The van der Waals surface area contributed by atoms with Crippen LogP contribution in [0.2, 0.25) is 0 Å². The molecule has 2 rings (SSSR count). The number of halogens is 1. The summed E-state index contributed by atoms with van der Waals surface area (Å²) in [5.41, 5.74) is 7.07. The minimum atomic E-state index is 0.0866. The third-order valence-corrected chi connectivity index (χ3v) is 4.28. The number of nitrogens with two attached hydrogens (primary N) is 1. The summed E-state index contributed by atoms with van der Waals surface area (Å²) in [6.07, 6.45) is 4.71. The molecule has 4 heteroatoms. The second-order valence-corrected chi connectivity index (χ2v) is 5.62. The Morgan fingerprint density at radius 2 is 2.11 bits per heavy atom. The number of rotatable bonds is 3. The van der Waals surface area contributed by atoms with Gasteiger partial charge < -0.3 is 10.6 Å². The van der Waals surface area contributed by atoms with Gasteiger partial charge in [0.25, 0.3) is 5.91 Å². The van der Waals surface area contributed by atoms with E-state index < -0.39 is 0 Å². The van der Waals surface area contributed by atoms with Crippen molar-refractivity contribution in [2.24, 2.45) is 0 Å². The van der Waals surface area contributed by atoms with E-state index in [9.17, 15) is 4.79 Å². The van der Waals surface area contributed by atoms with E-state index in [1.54, 1.807) is 12.1 Å². The first-order valence-corrected chi connectivity index (χ1v) is 7.28. The van der Waals surface area contributed by atoms with Gasteiger partial charge in [0, 0.05) is 22.7 Å². The van der Waals surface area contributed by atoms with Gasteiger partial charge in [-0.05, 0) is 53.9 Å². The number of carbonyl (C=O) groups is 1. The molecule has 1 aliphatic rings. The molecule has 3 nitrogen and oxygen atoms in total. The average Bonchev–Trinajstić information content (AvgIpc) is 2.87. The maximum Gasteiger partial charge on any atom is 0.255 e. The summed E-state index contributed by atoms with van der Waals surface area (Å²) in [6, 6.07) is 5.79. The summed E-state index contributed by atoms with van der Waals surface area (Å²) < 4.78 is 0.818. The van der Waals surface area contributed by atoms with Crippen molar-refractivity contribution >= 4 is 27.5 Å². The van der Waals surface area contributed by atoms with Crippen molar-refractivity contribution in [2.75, 3.05) is 12.3 Å². The zero-order valence-electron chi connectivity index (χ0n) is 10.7. The largest absolute Gasteiger partial charge is 0.399 e. The maximum atomic E-state index is 12.6. The maximum absolute atomic E-state index is 12.6. The van der Waals surface area contributed by atoms with Gasteiger partial charge >= 0.3 is 0 Å². The molecule has 1 fully saturated rings. The minimum Gasteiger partial charge on any atom is -0.399 e. The Balaban J connectivity index is 2.25. The first kappa shape index (κ1) is 13.4. The molecule has 0 bridgehead atoms. The highest BCUT2D eigenvalue weighted by atomic mass is 79.9. The van der Waals surface area contributed by atoms with Crippen LogP contribution in [-0.2, 0) is 0 Å². The second kappa shape index (κ2) is 5.74. The van der Waals surface area contributed by atoms with Crippen LogP contribution in [0.1, 0.15) is 43.0 Å². The highest BCUT2D eigenvalue weighted by Crippen LogP contribution is 2.27. The molecular formula is C14H19BrN2O. The van der Waals surface area contributed by atoms with E-state index in [1.807, 2.05) is 17.9 Å². The average molecular weight is 311 g/mol. The highest BCUT2D eigenvalue weighted by Gasteiger charge is 2.27. The molecular weight excluding hydrogens is 292 g/mol. The zero-order chi connectivity index (χ0) is 13.1. The van der Waals surface area contributed by atoms with Crippen LogP contribution in [0.4, 0.5) is 5.69 Å². The van der Waals surface area contributed by atoms with Crippen molar-refractivity contribution in [2.45, 2.75) is 38.6 Å².